The third-order valence-corrected chi connectivity index (χ3v) is 5.28. The van der Waals surface area contributed by atoms with E-state index in [4.69, 9.17) is 10.2 Å². The van der Waals surface area contributed by atoms with Crippen molar-refractivity contribution in [3.8, 4) is 0 Å². The number of unbranched alkanes of at least 4 members (excludes halogenated alkanes) is 2. The number of aryl methyl sites for hydroxylation is 2. The summed E-state index contributed by atoms with van der Waals surface area (Å²) in [6.07, 6.45) is 10.4. The fourth-order valence-electron chi connectivity index (χ4n) is 3.52. The lowest BCUT2D eigenvalue weighted by molar-refractivity contribution is -0.129. The van der Waals surface area contributed by atoms with Crippen LogP contribution in [0.5, 0.6) is 0 Å². The molecular weight excluding hydrogens is 406 g/mol. The predicted octanol–water partition coefficient (Wildman–Crippen LogP) is 3.79. The van der Waals surface area contributed by atoms with Crippen molar-refractivity contribution in [3.63, 3.8) is 0 Å². The molecule has 1 aromatic carbocycles. The first-order valence-corrected chi connectivity index (χ1v) is 10.7. The Bertz CT molecular complexity index is 1180. The van der Waals surface area contributed by atoms with Gasteiger partial charge in [0, 0.05) is 43.5 Å². The Morgan fingerprint density at radius 3 is 2.75 bits per heavy atom. The smallest absolute Gasteiger partial charge is 0.243 e. The van der Waals surface area contributed by atoms with Gasteiger partial charge in [-0.15, -0.1) is 0 Å². The van der Waals surface area contributed by atoms with E-state index in [1.54, 1.807) is 11.7 Å². The van der Waals surface area contributed by atoms with Gasteiger partial charge in [0.2, 0.25) is 11.9 Å². The van der Waals surface area contributed by atoms with Crippen LogP contribution in [-0.4, -0.2) is 35.4 Å². The van der Waals surface area contributed by atoms with Crippen molar-refractivity contribution in [3.05, 3.63) is 66.2 Å². The second-order valence-electron chi connectivity index (χ2n) is 7.86. The Morgan fingerprint density at radius 2 is 1.94 bits per heavy atom. The largest absolute Gasteiger partial charge is 0.328 e. The van der Waals surface area contributed by atoms with Gasteiger partial charge in [-0.3, -0.25) is 14.7 Å². The van der Waals surface area contributed by atoms with Crippen LogP contribution < -0.4 is 10.8 Å². The van der Waals surface area contributed by atoms with Crippen LogP contribution in [0.3, 0.4) is 0 Å². The Labute approximate surface area is 186 Å². The third kappa shape index (κ3) is 5.50. The minimum atomic E-state index is -0.349. The lowest BCUT2D eigenvalue weighted by Gasteiger charge is -2.07. The maximum Gasteiger partial charge on any atom is 0.243 e. The summed E-state index contributed by atoms with van der Waals surface area (Å²) >= 11 is 0. The second kappa shape index (κ2) is 10.1. The van der Waals surface area contributed by atoms with Crippen LogP contribution in [-0.2, 0) is 17.9 Å². The first-order valence-electron chi connectivity index (χ1n) is 10.7. The zero-order chi connectivity index (χ0) is 22.3. The number of hydroxylamine groups is 1. The number of nitrogens with one attached hydrogen (secondary N) is 2. The average molecular weight is 434 g/mol. The molecule has 0 unspecified atom stereocenters. The lowest BCUT2D eigenvalue weighted by Crippen LogP contribution is -2.17. The average Bonchev–Trinajstić information content (AvgIpc) is 3.41. The SMILES string of the molecule is Cc1ccc(Cn2ccc3cnc(Nc4cnn(CCCCCC(=O)NO)c4)nc32)cc1. The van der Waals surface area contributed by atoms with Crippen LogP contribution >= 0.6 is 0 Å². The highest BCUT2D eigenvalue weighted by Gasteiger charge is 2.08. The van der Waals surface area contributed by atoms with Gasteiger partial charge in [-0.25, -0.2) is 10.5 Å². The maximum atomic E-state index is 11.0. The molecule has 0 spiro atoms. The first-order chi connectivity index (χ1) is 15.6. The molecule has 0 radical (unpaired) electrons. The summed E-state index contributed by atoms with van der Waals surface area (Å²) < 4.78 is 3.97. The Kier molecular flexibility index (Phi) is 6.76. The number of fused-ring (bicyclic) bond motifs is 1. The van der Waals surface area contributed by atoms with Crippen molar-refractivity contribution in [2.75, 3.05) is 5.32 Å². The summed E-state index contributed by atoms with van der Waals surface area (Å²) in [5, 5.41) is 17.1. The molecule has 0 bridgehead atoms. The molecule has 3 heterocycles. The summed E-state index contributed by atoms with van der Waals surface area (Å²) in [4.78, 5) is 20.1. The highest BCUT2D eigenvalue weighted by molar-refractivity contribution is 5.77. The summed E-state index contributed by atoms with van der Waals surface area (Å²) in [5.74, 6) is 0.175. The number of carbonyl (C=O) groups excluding carboxylic acids is 1. The molecule has 1 amide bonds. The van der Waals surface area contributed by atoms with Crippen molar-refractivity contribution in [2.45, 2.75) is 45.7 Å². The van der Waals surface area contributed by atoms with E-state index < -0.39 is 0 Å². The number of carbonyl (C=O) groups is 1. The molecule has 0 aliphatic rings. The Balaban J connectivity index is 1.36. The van der Waals surface area contributed by atoms with Crippen LogP contribution in [0.2, 0.25) is 0 Å². The molecular formula is C23H27N7O2. The molecule has 4 aromatic rings. The van der Waals surface area contributed by atoms with Gasteiger partial charge in [-0.1, -0.05) is 36.2 Å². The Morgan fingerprint density at radius 1 is 1.09 bits per heavy atom. The van der Waals surface area contributed by atoms with Crippen molar-refractivity contribution in [1.29, 1.82) is 0 Å². The zero-order valence-electron chi connectivity index (χ0n) is 18.0. The third-order valence-electron chi connectivity index (χ3n) is 5.28. The number of hydrogen-bond donors (Lipinski definition) is 3. The molecule has 0 aliphatic heterocycles. The number of aromatic nitrogens is 5. The van der Waals surface area contributed by atoms with Gasteiger partial charge in [0.05, 0.1) is 11.9 Å². The van der Waals surface area contributed by atoms with Gasteiger partial charge >= 0.3 is 0 Å². The van der Waals surface area contributed by atoms with Crippen molar-refractivity contribution < 1.29 is 10.0 Å². The number of hydrogen-bond acceptors (Lipinski definition) is 6. The van der Waals surface area contributed by atoms with E-state index in [1.807, 2.05) is 29.3 Å². The number of anilines is 2. The van der Waals surface area contributed by atoms with Crippen LogP contribution in [0, 0.1) is 6.92 Å². The minimum Gasteiger partial charge on any atom is -0.328 e. The summed E-state index contributed by atoms with van der Waals surface area (Å²) in [7, 11) is 0. The number of benzene rings is 1. The van der Waals surface area contributed by atoms with Gasteiger partial charge in [0.25, 0.3) is 0 Å². The molecule has 4 rings (SSSR count). The Hall–Kier alpha value is -3.72. The molecule has 0 saturated heterocycles. The van der Waals surface area contributed by atoms with Gasteiger partial charge in [-0.05, 0) is 31.4 Å². The zero-order valence-corrected chi connectivity index (χ0v) is 18.0. The van der Waals surface area contributed by atoms with E-state index in [-0.39, 0.29) is 5.91 Å². The molecule has 9 heteroatoms. The fraction of sp³-hybridized carbons (Fsp3) is 0.304. The van der Waals surface area contributed by atoms with Gasteiger partial charge in [0.1, 0.15) is 5.65 Å². The highest BCUT2D eigenvalue weighted by Crippen LogP contribution is 2.19. The molecule has 3 N–H and O–H groups in total. The minimum absolute atomic E-state index is 0.327. The van der Waals surface area contributed by atoms with Crippen LogP contribution in [0.4, 0.5) is 11.6 Å². The van der Waals surface area contributed by atoms with Crippen molar-refractivity contribution in [1.82, 2.24) is 29.8 Å². The van der Waals surface area contributed by atoms with E-state index in [9.17, 15) is 4.79 Å². The normalized spacial score (nSPS) is 11.1. The van der Waals surface area contributed by atoms with Crippen LogP contribution in [0.25, 0.3) is 11.0 Å². The number of amides is 1. The monoisotopic (exact) mass is 433 g/mol. The number of rotatable bonds is 10. The maximum absolute atomic E-state index is 11.0. The van der Waals surface area contributed by atoms with E-state index >= 15 is 0 Å². The highest BCUT2D eigenvalue weighted by atomic mass is 16.5. The first kappa shape index (κ1) is 21.5. The molecule has 0 atom stereocenters. The molecule has 0 aliphatic carbocycles. The van der Waals surface area contributed by atoms with Crippen molar-refractivity contribution >= 4 is 28.6 Å². The van der Waals surface area contributed by atoms with Crippen molar-refractivity contribution in [2.24, 2.45) is 0 Å². The molecule has 3 aromatic heterocycles. The molecule has 32 heavy (non-hydrogen) atoms. The van der Waals surface area contributed by atoms with E-state index in [0.29, 0.717) is 12.4 Å². The van der Waals surface area contributed by atoms with Crippen LogP contribution in [0.1, 0.15) is 36.8 Å². The standard InChI is InChI=1S/C23H27N7O2/c1-17-6-8-18(9-7-17)15-29-12-10-19-13-24-23(27-22(19)29)26-20-14-25-30(16-20)11-4-2-3-5-21(31)28-32/h6-10,12-14,16,32H,2-5,11,15H2,1H3,(H,28,31)(H,24,26,27). The number of nitrogens with zero attached hydrogens (tertiary/aromatic N) is 5. The molecule has 0 saturated carbocycles. The fourth-order valence-corrected chi connectivity index (χ4v) is 3.52. The van der Waals surface area contributed by atoms with Gasteiger partial charge in [-0.2, -0.15) is 10.1 Å². The van der Waals surface area contributed by atoms with E-state index in [1.165, 1.54) is 11.1 Å². The summed E-state index contributed by atoms with van der Waals surface area (Å²) in [6, 6.07) is 10.5. The second-order valence-corrected chi connectivity index (χ2v) is 7.86. The quantitative estimate of drug-likeness (QED) is 0.199. The van der Waals surface area contributed by atoms with E-state index in [2.05, 4.69) is 51.2 Å². The van der Waals surface area contributed by atoms with Gasteiger partial charge in [0.15, 0.2) is 0 Å². The lowest BCUT2D eigenvalue weighted by atomic mass is 10.1. The molecule has 166 valence electrons. The van der Waals surface area contributed by atoms with E-state index in [0.717, 1.165) is 49.1 Å². The topological polar surface area (TPSA) is 110 Å². The summed E-state index contributed by atoms with van der Waals surface area (Å²) in [6.45, 7) is 3.58. The molecule has 0 fully saturated rings. The van der Waals surface area contributed by atoms with Gasteiger partial charge < -0.3 is 9.88 Å². The van der Waals surface area contributed by atoms with Crippen LogP contribution in [0.15, 0.2) is 55.1 Å². The predicted molar refractivity (Wildman–Crippen MR) is 122 cm³/mol. The molecule has 9 nitrogen and oxygen atoms in total. The summed E-state index contributed by atoms with van der Waals surface area (Å²) in [5.41, 5.74) is 5.81.